The second-order valence-corrected chi connectivity index (χ2v) is 15.8. The van der Waals surface area contributed by atoms with Crippen LogP contribution in [0.2, 0.25) is 0 Å². The van der Waals surface area contributed by atoms with Crippen molar-refractivity contribution in [1.82, 2.24) is 19.9 Å². The van der Waals surface area contributed by atoms with Crippen LogP contribution in [0, 0.1) is 12.8 Å². The van der Waals surface area contributed by atoms with Crippen molar-refractivity contribution in [3.05, 3.63) is 72.1 Å². The van der Waals surface area contributed by atoms with Crippen molar-refractivity contribution in [2.24, 2.45) is 5.92 Å². The van der Waals surface area contributed by atoms with Gasteiger partial charge in [0, 0.05) is 36.9 Å². The van der Waals surface area contributed by atoms with Crippen molar-refractivity contribution < 1.29 is 22.7 Å². The quantitative estimate of drug-likeness (QED) is 0.197. The molecule has 1 N–H and O–H groups in total. The number of piperidine rings is 1. The molecule has 2 aromatic heterocycles. The fraction of sp³-hybridized carbons (Fsp3) is 0.444. The van der Waals surface area contributed by atoms with Crippen molar-refractivity contribution in [1.29, 1.82) is 0 Å². The van der Waals surface area contributed by atoms with Crippen LogP contribution in [0.25, 0.3) is 22.0 Å². The first-order chi connectivity index (χ1) is 22.4. The molecular formula is C36H43N5O5S. The van der Waals surface area contributed by atoms with E-state index in [1.165, 1.54) is 0 Å². The number of pyridine rings is 1. The van der Waals surface area contributed by atoms with Crippen LogP contribution in [0.5, 0.6) is 11.6 Å². The summed E-state index contributed by atoms with van der Waals surface area (Å²) in [6.45, 7) is 8.70. The molecule has 1 saturated heterocycles. The van der Waals surface area contributed by atoms with Crippen LogP contribution in [-0.2, 0) is 20.3 Å². The highest BCUT2D eigenvalue weighted by Crippen LogP contribution is 2.38. The Hall–Kier alpha value is -4.25. The standard InChI is InChI=1S/C36H43N5O5S/c1-24-15-16-28-26(23-47(43,44)22-25-9-5-10-25)11-6-13-29(28)32(24)45-33-30(14-7-18-37-33)31-17-19-38-34(40-31)39-27-12-8-20-41(21-27)35(42)46-36(2,3)4/h6-7,11,13-19,25,27H,5,8-10,12,20-23H2,1-4H3,(H,38,39,40)/t27-/m0/s1. The Bertz CT molecular complexity index is 1870. The monoisotopic (exact) mass is 657 g/mol. The molecule has 1 atom stereocenters. The largest absolute Gasteiger partial charge is 0.444 e. The van der Waals surface area contributed by atoms with Gasteiger partial charge in [-0.15, -0.1) is 0 Å². The number of hydrogen-bond acceptors (Lipinski definition) is 9. The molecule has 2 aliphatic rings. The lowest BCUT2D eigenvalue weighted by atomic mass is 9.87. The molecule has 6 rings (SSSR count). The van der Waals surface area contributed by atoms with E-state index in [1.807, 2.05) is 76.2 Å². The summed E-state index contributed by atoms with van der Waals surface area (Å²) >= 11 is 0. The van der Waals surface area contributed by atoms with Crippen LogP contribution >= 0.6 is 0 Å². The fourth-order valence-corrected chi connectivity index (χ4v) is 8.09. The molecule has 0 radical (unpaired) electrons. The summed E-state index contributed by atoms with van der Waals surface area (Å²) in [7, 11) is -3.24. The molecule has 1 amide bonds. The van der Waals surface area contributed by atoms with Gasteiger partial charge in [-0.2, -0.15) is 0 Å². The number of amides is 1. The Balaban J connectivity index is 1.23. The lowest BCUT2D eigenvalue weighted by Gasteiger charge is -2.34. The molecule has 0 spiro atoms. The van der Waals surface area contributed by atoms with Crippen molar-refractivity contribution >= 4 is 32.7 Å². The van der Waals surface area contributed by atoms with Gasteiger partial charge in [0.1, 0.15) is 11.4 Å². The number of aromatic nitrogens is 3. The van der Waals surface area contributed by atoms with Crippen LogP contribution < -0.4 is 10.1 Å². The van der Waals surface area contributed by atoms with Crippen molar-refractivity contribution in [2.45, 2.75) is 77.2 Å². The van der Waals surface area contributed by atoms with Gasteiger partial charge in [-0.05, 0) is 94.0 Å². The highest BCUT2D eigenvalue weighted by atomic mass is 32.2. The molecule has 11 heteroatoms. The number of fused-ring (bicyclic) bond motifs is 1. The van der Waals surface area contributed by atoms with Gasteiger partial charge < -0.3 is 19.7 Å². The predicted molar refractivity (Wildman–Crippen MR) is 183 cm³/mol. The van der Waals surface area contributed by atoms with E-state index in [0.29, 0.717) is 41.9 Å². The van der Waals surface area contributed by atoms with Gasteiger partial charge in [0.2, 0.25) is 11.8 Å². The average Bonchev–Trinajstić information content (AvgIpc) is 3.00. The Morgan fingerprint density at radius 1 is 0.979 bits per heavy atom. The van der Waals surface area contributed by atoms with Crippen LogP contribution in [0.15, 0.2) is 60.9 Å². The van der Waals surface area contributed by atoms with Gasteiger partial charge >= 0.3 is 6.09 Å². The third kappa shape index (κ3) is 8.01. The SMILES string of the molecule is Cc1ccc2c(CS(=O)(=O)CC3CCC3)cccc2c1Oc1ncccc1-c1ccnc(N[C@H]2CCCN(C(=O)OC(C)(C)C)C2)n1. The van der Waals surface area contributed by atoms with Crippen LogP contribution in [-0.4, -0.2) is 64.8 Å². The van der Waals surface area contributed by atoms with Gasteiger partial charge in [0.15, 0.2) is 9.84 Å². The van der Waals surface area contributed by atoms with Gasteiger partial charge in [-0.25, -0.2) is 28.2 Å². The number of likely N-dealkylation sites (tertiary alicyclic amines) is 1. The van der Waals surface area contributed by atoms with E-state index in [-0.39, 0.29) is 29.6 Å². The summed E-state index contributed by atoms with van der Waals surface area (Å²) < 4.78 is 38.3. The predicted octanol–water partition coefficient (Wildman–Crippen LogP) is 7.32. The van der Waals surface area contributed by atoms with E-state index < -0.39 is 15.4 Å². The number of carbonyl (C=O) groups is 1. The Labute approximate surface area is 276 Å². The maximum Gasteiger partial charge on any atom is 0.410 e. The average molecular weight is 658 g/mol. The maximum atomic E-state index is 13.1. The van der Waals surface area contributed by atoms with Crippen LogP contribution in [0.4, 0.5) is 10.7 Å². The van der Waals surface area contributed by atoms with Crippen LogP contribution in [0.1, 0.15) is 64.0 Å². The van der Waals surface area contributed by atoms with E-state index in [2.05, 4.69) is 15.3 Å². The number of nitrogens with zero attached hydrogens (tertiary/aromatic N) is 4. The summed E-state index contributed by atoms with van der Waals surface area (Å²) in [4.78, 5) is 28.2. The summed E-state index contributed by atoms with van der Waals surface area (Å²) in [5, 5.41) is 5.08. The molecule has 1 aliphatic heterocycles. The van der Waals surface area contributed by atoms with E-state index in [4.69, 9.17) is 14.5 Å². The topological polar surface area (TPSA) is 124 Å². The Morgan fingerprint density at radius 3 is 2.57 bits per heavy atom. The number of aryl methyl sites for hydroxylation is 1. The first kappa shape index (κ1) is 32.7. The molecule has 3 heterocycles. The summed E-state index contributed by atoms with van der Waals surface area (Å²) in [5.41, 5.74) is 2.44. The molecule has 2 aromatic carbocycles. The third-order valence-electron chi connectivity index (χ3n) is 8.70. The summed E-state index contributed by atoms with van der Waals surface area (Å²) in [6.07, 6.45) is 7.87. The zero-order chi connectivity index (χ0) is 33.2. The van der Waals surface area contributed by atoms with Crippen LogP contribution in [0.3, 0.4) is 0 Å². The number of nitrogens with one attached hydrogen (secondary N) is 1. The van der Waals surface area contributed by atoms with Crippen molar-refractivity contribution in [3.8, 4) is 22.9 Å². The number of benzene rings is 2. The normalized spacial score (nSPS) is 17.3. The highest BCUT2D eigenvalue weighted by Gasteiger charge is 2.29. The lowest BCUT2D eigenvalue weighted by molar-refractivity contribution is 0.0206. The number of carbonyl (C=O) groups excluding carboxylic acids is 1. The Morgan fingerprint density at radius 2 is 1.81 bits per heavy atom. The van der Waals surface area contributed by atoms with Gasteiger partial charge in [0.05, 0.1) is 22.8 Å². The van der Waals surface area contributed by atoms with E-state index >= 15 is 0 Å². The number of hydrogen-bond donors (Lipinski definition) is 1. The van der Waals surface area contributed by atoms with E-state index in [0.717, 1.165) is 54.0 Å². The highest BCUT2D eigenvalue weighted by molar-refractivity contribution is 7.90. The van der Waals surface area contributed by atoms with E-state index in [1.54, 1.807) is 17.3 Å². The molecule has 47 heavy (non-hydrogen) atoms. The van der Waals surface area contributed by atoms with Crippen molar-refractivity contribution in [3.63, 3.8) is 0 Å². The first-order valence-electron chi connectivity index (χ1n) is 16.4. The second kappa shape index (κ2) is 13.5. The number of rotatable bonds is 9. The number of sulfone groups is 1. The van der Waals surface area contributed by atoms with Gasteiger partial charge in [0.25, 0.3) is 0 Å². The smallest absolute Gasteiger partial charge is 0.410 e. The zero-order valence-electron chi connectivity index (χ0n) is 27.5. The summed E-state index contributed by atoms with van der Waals surface area (Å²) in [6, 6.07) is 15.2. The minimum absolute atomic E-state index is 0.00538. The van der Waals surface area contributed by atoms with E-state index in [9.17, 15) is 13.2 Å². The second-order valence-electron chi connectivity index (χ2n) is 13.7. The molecule has 1 aliphatic carbocycles. The minimum Gasteiger partial charge on any atom is -0.444 e. The van der Waals surface area contributed by atoms with Gasteiger partial charge in [-0.3, -0.25) is 0 Å². The van der Waals surface area contributed by atoms with Crippen molar-refractivity contribution in [2.75, 3.05) is 24.2 Å². The first-order valence-corrected chi connectivity index (χ1v) is 18.2. The number of ether oxygens (including phenoxy) is 2. The zero-order valence-corrected chi connectivity index (χ0v) is 28.3. The molecule has 10 nitrogen and oxygen atoms in total. The fourth-order valence-electron chi connectivity index (χ4n) is 6.19. The molecular weight excluding hydrogens is 614 g/mol. The lowest BCUT2D eigenvalue weighted by Crippen LogP contribution is -2.47. The summed E-state index contributed by atoms with van der Waals surface area (Å²) in [5.74, 6) is 1.98. The minimum atomic E-state index is -3.24. The molecule has 2 fully saturated rings. The maximum absolute atomic E-state index is 13.1. The number of anilines is 1. The molecule has 0 bridgehead atoms. The van der Waals surface area contributed by atoms with Gasteiger partial charge in [-0.1, -0.05) is 36.8 Å². The third-order valence-corrected chi connectivity index (χ3v) is 10.4. The molecule has 1 saturated carbocycles. The Kier molecular flexibility index (Phi) is 9.36. The molecule has 0 unspecified atom stereocenters. The molecule has 4 aromatic rings. The molecule has 248 valence electrons.